The average molecular weight is 854 g/mol. The molecule has 1 saturated heterocycles. The molecule has 0 aliphatic carbocycles. The number of rotatable bonds is 44. The van der Waals surface area contributed by atoms with Crippen molar-refractivity contribution < 1.29 is 39.8 Å². The number of hydrogen-bond acceptors (Lipinski definition) is 8. The van der Waals surface area contributed by atoms with E-state index >= 15 is 0 Å². The Kier molecular flexibility index (Phi) is 39.8. The van der Waals surface area contributed by atoms with Gasteiger partial charge in [-0.15, -0.1) is 0 Å². The van der Waals surface area contributed by atoms with Crippen molar-refractivity contribution in [1.29, 1.82) is 0 Å². The number of unbranched alkanes of at least 4 members (excludes halogenated alkanes) is 32. The van der Waals surface area contributed by atoms with Crippen LogP contribution < -0.4 is 5.32 Å². The third-order valence-electron chi connectivity index (χ3n) is 12.6. The Morgan fingerprint density at radius 3 is 1.35 bits per heavy atom. The highest BCUT2D eigenvalue weighted by Crippen LogP contribution is 2.23. The summed E-state index contributed by atoms with van der Waals surface area (Å²) < 4.78 is 11.2. The second kappa shape index (κ2) is 41.9. The highest BCUT2D eigenvalue weighted by Gasteiger charge is 2.44. The maximum atomic E-state index is 13.0. The molecule has 60 heavy (non-hydrogen) atoms. The topological polar surface area (TPSA) is 149 Å². The van der Waals surface area contributed by atoms with Gasteiger partial charge in [0.1, 0.15) is 24.4 Å². The first-order chi connectivity index (χ1) is 29.3. The first-order valence-electron chi connectivity index (χ1n) is 25.9. The van der Waals surface area contributed by atoms with Crippen molar-refractivity contribution in [3.63, 3.8) is 0 Å². The van der Waals surface area contributed by atoms with Crippen molar-refractivity contribution in [2.24, 2.45) is 0 Å². The monoisotopic (exact) mass is 854 g/mol. The number of nitrogens with one attached hydrogen (secondary N) is 1. The molecule has 9 heteroatoms. The molecule has 7 atom stereocenters. The minimum Gasteiger partial charge on any atom is -0.394 e. The quantitative estimate of drug-likeness (QED) is 0.0262. The first kappa shape index (κ1) is 56.9. The van der Waals surface area contributed by atoms with Gasteiger partial charge in [0.2, 0.25) is 5.91 Å². The van der Waals surface area contributed by atoms with Crippen LogP contribution in [-0.4, -0.2) is 87.5 Å². The lowest BCUT2D eigenvalue weighted by atomic mass is 9.99. The van der Waals surface area contributed by atoms with E-state index in [9.17, 15) is 30.3 Å². The van der Waals surface area contributed by atoms with Gasteiger partial charge in [-0.25, -0.2) is 0 Å². The lowest BCUT2D eigenvalue weighted by Gasteiger charge is -2.40. The second-order valence-electron chi connectivity index (χ2n) is 18.3. The number of carbonyl (C=O) groups excluding carboxylic acids is 1. The number of aliphatic hydroxyl groups excluding tert-OH is 5. The second-order valence-corrected chi connectivity index (χ2v) is 18.3. The maximum absolute atomic E-state index is 13.0. The highest BCUT2D eigenvalue weighted by molar-refractivity contribution is 5.76. The zero-order valence-corrected chi connectivity index (χ0v) is 39.2. The number of ether oxygens (including phenoxy) is 2. The predicted molar refractivity (Wildman–Crippen MR) is 249 cm³/mol. The van der Waals surface area contributed by atoms with Crippen molar-refractivity contribution in [3.05, 3.63) is 12.2 Å². The maximum Gasteiger partial charge on any atom is 0.220 e. The summed E-state index contributed by atoms with van der Waals surface area (Å²) in [5.74, 6) is -0.144. The summed E-state index contributed by atoms with van der Waals surface area (Å²) in [6, 6.07) is -0.713. The minimum absolute atomic E-state index is 0.135. The van der Waals surface area contributed by atoms with Crippen LogP contribution >= 0.6 is 0 Å². The Morgan fingerprint density at radius 1 is 0.550 bits per heavy atom. The SMILES string of the molecule is CCCCCCCCCCCCCC/C=C\CCCCCCCCCCCCCCC(=O)NC(COC1OC(CO)C(O)C(O)C1O)C(O)CCCCCCCCCCC. The summed E-state index contributed by atoms with van der Waals surface area (Å²) in [4.78, 5) is 13.0. The molecule has 356 valence electrons. The molecule has 9 nitrogen and oxygen atoms in total. The third kappa shape index (κ3) is 31.7. The molecule has 7 unspecified atom stereocenters. The summed E-state index contributed by atoms with van der Waals surface area (Å²) >= 11 is 0. The number of carbonyl (C=O) groups is 1. The lowest BCUT2D eigenvalue weighted by molar-refractivity contribution is -0.302. The van der Waals surface area contributed by atoms with E-state index in [0.29, 0.717) is 12.8 Å². The van der Waals surface area contributed by atoms with E-state index < -0.39 is 49.5 Å². The molecule has 1 rings (SSSR count). The zero-order valence-electron chi connectivity index (χ0n) is 39.2. The van der Waals surface area contributed by atoms with Gasteiger partial charge in [-0.05, 0) is 38.5 Å². The van der Waals surface area contributed by atoms with Gasteiger partial charge in [-0.3, -0.25) is 4.79 Å². The fourth-order valence-corrected chi connectivity index (χ4v) is 8.45. The van der Waals surface area contributed by atoms with Crippen molar-refractivity contribution in [2.45, 2.75) is 294 Å². The van der Waals surface area contributed by atoms with Crippen molar-refractivity contribution >= 4 is 5.91 Å². The number of aliphatic hydroxyl groups is 5. The fourth-order valence-electron chi connectivity index (χ4n) is 8.45. The molecule has 0 radical (unpaired) electrons. The van der Waals surface area contributed by atoms with Gasteiger partial charge in [-0.2, -0.15) is 0 Å². The molecule has 0 spiro atoms. The van der Waals surface area contributed by atoms with E-state index in [1.54, 1.807) is 0 Å². The molecule has 1 aliphatic rings. The zero-order chi connectivity index (χ0) is 43.7. The van der Waals surface area contributed by atoms with Crippen LogP contribution in [0.25, 0.3) is 0 Å². The Bertz CT molecular complexity index is 950. The standard InChI is InChI=1S/C51H99NO8/c1-3-5-7-9-11-13-14-15-16-17-18-19-20-21-22-23-24-25-26-27-28-29-30-31-33-35-37-39-41-47(55)52-44(45(54)40-38-36-34-32-12-10-8-6-4-2)43-59-51-50(58)49(57)48(56)46(42-53)60-51/h21-22,44-46,48-51,53-54,56-58H,3-20,23-43H2,1-2H3,(H,52,55)/b22-21-. The molecule has 0 aromatic rings. The van der Waals surface area contributed by atoms with E-state index in [0.717, 1.165) is 38.5 Å². The van der Waals surface area contributed by atoms with Crippen LogP contribution in [0.1, 0.15) is 251 Å². The minimum atomic E-state index is -1.55. The largest absolute Gasteiger partial charge is 0.394 e. The molecular weight excluding hydrogens is 755 g/mol. The van der Waals surface area contributed by atoms with Crippen LogP contribution in [0.4, 0.5) is 0 Å². The number of amides is 1. The Hall–Kier alpha value is -1.07. The normalized spacial score (nSPS) is 20.6. The lowest BCUT2D eigenvalue weighted by Crippen LogP contribution is -2.60. The van der Waals surface area contributed by atoms with Crippen LogP contribution in [0.5, 0.6) is 0 Å². The van der Waals surface area contributed by atoms with Gasteiger partial charge in [0, 0.05) is 6.42 Å². The predicted octanol–water partition coefficient (Wildman–Crippen LogP) is 11.7. The molecule has 1 fully saturated rings. The Labute approximate surface area is 369 Å². The van der Waals surface area contributed by atoms with Gasteiger partial charge in [0.05, 0.1) is 25.4 Å². The van der Waals surface area contributed by atoms with Gasteiger partial charge in [0.15, 0.2) is 6.29 Å². The first-order valence-corrected chi connectivity index (χ1v) is 25.9. The van der Waals surface area contributed by atoms with E-state index in [4.69, 9.17) is 9.47 Å². The number of allylic oxidation sites excluding steroid dienone is 2. The van der Waals surface area contributed by atoms with Crippen molar-refractivity contribution in [2.75, 3.05) is 13.2 Å². The number of hydrogen-bond donors (Lipinski definition) is 6. The van der Waals surface area contributed by atoms with Gasteiger partial charge >= 0.3 is 0 Å². The van der Waals surface area contributed by atoms with E-state index in [1.165, 1.54) is 186 Å². The highest BCUT2D eigenvalue weighted by atomic mass is 16.7. The van der Waals surface area contributed by atoms with Gasteiger partial charge < -0.3 is 40.3 Å². The van der Waals surface area contributed by atoms with Crippen LogP contribution in [0.15, 0.2) is 12.2 Å². The molecule has 0 saturated carbocycles. The van der Waals surface area contributed by atoms with Gasteiger partial charge in [-0.1, -0.05) is 219 Å². The molecule has 0 aromatic carbocycles. The van der Waals surface area contributed by atoms with Crippen molar-refractivity contribution in [3.8, 4) is 0 Å². The van der Waals surface area contributed by atoms with Crippen LogP contribution in [0.2, 0.25) is 0 Å². The summed E-state index contributed by atoms with van der Waals surface area (Å²) in [5, 5.41) is 54.3. The third-order valence-corrected chi connectivity index (χ3v) is 12.6. The average Bonchev–Trinajstić information content (AvgIpc) is 3.25. The molecule has 1 heterocycles. The fraction of sp³-hybridized carbons (Fsp3) is 0.941. The molecule has 0 aromatic heterocycles. The molecule has 6 N–H and O–H groups in total. The molecule has 0 bridgehead atoms. The summed E-state index contributed by atoms with van der Waals surface area (Å²) in [6.45, 7) is 3.82. The molecule has 1 amide bonds. The summed E-state index contributed by atoms with van der Waals surface area (Å²) in [6.07, 6.45) is 42.6. The molecular formula is C51H99NO8. The summed E-state index contributed by atoms with van der Waals surface area (Å²) in [7, 11) is 0. The Balaban J connectivity index is 2.12. The molecule has 1 aliphatic heterocycles. The van der Waals surface area contributed by atoms with Crippen LogP contribution in [0.3, 0.4) is 0 Å². The van der Waals surface area contributed by atoms with E-state index in [-0.39, 0.29) is 12.5 Å². The smallest absolute Gasteiger partial charge is 0.220 e. The van der Waals surface area contributed by atoms with E-state index in [2.05, 4.69) is 31.3 Å². The van der Waals surface area contributed by atoms with Gasteiger partial charge in [0.25, 0.3) is 0 Å². The van der Waals surface area contributed by atoms with Crippen molar-refractivity contribution in [1.82, 2.24) is 5.32 Å². The van der Waals surface area contributed by atoms with Crippen LogP contribution in [0, 0.1) is 0 Å². The van der Waals surface area contributed by atoms with E-state index in [1.807, 2.05) is 0 Å². The Morgan fingerprint density at radius 2 is 0.933 bits per heavy atom. The van der Waals surface area contributed by atoms with Crippen LogP contribution in [-0.2, 0) is 14.3 Å². The summed E-state index contributed by atoms with van der Waals surface area (Å²) in [5.41, 5.74) is 0.